The highest BCUT2D eigenvalue weighted by Gasteiger charge is 2.12. The molecule has 0 aliphatic rings. The Hall–Kier alpha value is -2.23. The van der Waals surface area contributed by atoms with Gasteiger partial charge in [0.1, 0.15) is 10.7 Å². The maximum Gasteiger partial charge on any atom is 0.271 e. The van der Waals surface area contributed by atoms with Crippen LogP contribution in [0.4, 0.5) is 5.69 Å². The standard InChI is InChI=1S/C16H15N3O3S3/c1-25(21,22)19-13-4-2-3-11(7-13)8-17-15(20)14-10-24-16(18-14)12-5-6-23-9-12/h2-7,9-10,19H,8H2,1H3,(H,17,20). The predicted molar refractivity (Wildman–Crippen MR) is 102 cm³/mol. The van der Waals surface area contributed by atoms with Crippen LogP contribution >= 0.6 is 22.7 Å². The smallest absolute Gasteiger partial charge is 0.271 e. The van der Waals surface area contributed by atoms with Crippen LogP contribution < -0.4 is 10.0 Å². The van der Waals surface area contributed by atoms with Gasteiger partial charge in [-0.3, -0.25) is 9.52 Å². The van der Waals surface area contributed by atoms with Crippen molar-refractivity contribution in [1.29, 1.82) is 0 Å². The van der Waals surface area contributed by atoms with E-state index in [0.717, 1.165) is 22.4 Å². The van der Waals surface area contributed by atoms with Crippen LogP contribution in [0, 0.1) is 0 Å². The SMILES string of the molecule is CS(=O)(=O)Nc1cccc(CNC(=O)c2csc(-c3ccsc3)n2)c1. The van der Waals surface area contributed by atoms with Crippen molar-refractivity contribution in [3.63, 3.8) is 0 Å². The zero-order chi connectivity index (χ0) is 17.9. The van der Waals surface area contributed by atoms with Gasteiger partial charge in [0.05, 0.1) is 6.26 Å². The molecule has 25 heavy (non-hydrogen) atoms. The van der Waals surface area contributed by atoms with E-state index < -0.39 is 10.0 Å². The zero-order valence-electron chi connectivity index (χ0n) is 13.2. The van der Waals surface area contributed by atoms with Gasteiger partial charge in [-0.2, -0.15) is 11.3 Å². The van der Waals surface area contributed by atoms with Crippen LogP contribution in [0.3, 0.4) is 0 Å². The Labute approximate surface area is 153 Å². The largest absolute Gasteiger partial charge is 0.347 e. The molecule has 0 radical (unpaired) electrons. The van der Waals surface area contributed by atoms with Crippen molar-refractivity contribution in [3.05, 3.63) is 57.7 Å². The van der Waals surface area contributed by atoms with Gasteiger partial charge >= 0.3 is 0 Å². The van der Waals surface area contributed by atoms with Crippen LogP contribution in [0.1, 0.15) is 16.1 Å². The number of hydrogen-bond donors (Lipinski definition) is 2. The summed E-state index contributed by atoms with van der Waals surface area (Å²) in [6.45, 7) is 0.281. The summed E-state index contributed by atoms with van der Waals surface area (Å²) in [6, 6.07) is 8.84. The number of carbonyl (C=O) groups is 1. The Morgan fingerprint density at radius 1 is 1.24 bits per heavy atom. The van der Waals surface area contributed by atoms with Crippen molar-refractivity contribution < 1.29 is 13.2 Å². The number of thiazole rings is 1. The molecule has 0 atom stereocenters. The second-order valence-corrected chi connectivity index (χ2v) is 8.69. The first kappa shape index (κ1) is 17.6. The van der Waals surface area contributed by atoms with E-state index in [4.69, 9.17) is 0 Å². The highest BCUT2D eigenvalue weighted by molar-refractivity contribution is 7.92. The number of benzene rings is 1. The summed E-state index contributed by atoms with van der Waals surface area (Å²) in [5.41, 5.74) is 2.63. The summed E-state index contributed by atoms with van der Waals surface area (Å²) >= 11 is 3.01. The quantitative estimate of drug-likeness (QED) is 0.673. The number of thiophene rings is 1. The molecular formula is C16H15N3O3S3. The molecule has 6 nitrogen and oxygen atoms in total. The Balaban J connectivity index is 1.64. The molecule has 1 aromatic carbocycles. The van der Waals surface area contributed by atoms with Gasteiger partial charge in [0.2, 0.25) is 10.0 Å². The number of nitrogens with zero attached hydrogens (tertiary/aromatic N) is 1. The average molecular weight is 394 g/mol. The van der Waals surface area contributed by atoms with Gasteiger partial charge in [0.25, 0.3) is 5.91 Å². The molecule has 0 aliphatic heterocycles. The van der Waals surface area contributed by atoms with Gasteiger partial charge in [-0.15, -0.1) is 11.3 Å². The number of nitrogens with one attached hydrogen (secondary N) is 2. The molecule has 0 aliphatic carbocycles. The lowest BCUT2D eigenvalue weighted by Crippen LogP contribution is -2.23. The number of aromatic nitrogens is 1. The summed E-state index contributed by atoms with van der Waals surface area (Å²) in [6.07, 6.45) is 1.09. The summed E-state index contributed by atoms with van der Waals surface area (Å²) in [5.74, 6) is -0.265. The van der Waals surface area contributed by atoms with E-state index in [1.807, 2.05) is 22.9 Å². The Morgan fingerprint density at radius 3 is 2.80 bits per heavy atom. The molecule has 130 valence electrons. The lowest BCUT2D eigenvalue weighted by Gasteiger charge is -2.07. The van der Waals surface area contributed by atoms with E-state index in [0.29, 0.717) is 11.4 Å². The Bertz CT molecular complexity index is 979. The van der Waals surface area contributed by atoms with E-state index in [1.165, 1.54) is 11.3 Å². The molecule has 0 saturated heterocycles. The van der Waals surface area contributed by atoms with Gasteiger partial charge < -0.3 is 5.32 Å². The van der Waals surface area contributed by atoms with Crippen molar-refractivity contribution in [2.24, 2.45) is 0 Å². The van der Waals surface area contributed by atoms with Crippen LogP contribution in [0.2, 0.25) is 0 Å². The molecule has 0 unspecified atom stereocenters. The molecule has 0 saturated carbocycles. The Kier molecular flexibility index (Phi) is 5.16. The van der Waals surface area contributed by atoms with E-state index >= 15 is 0 Å². The van der Waals surface area contributed by atoms with Crippen molar-refractivity contribution in [1.82, 2.24) is 10.3 Å². The van der Waals surface area contributed by atoms with Crippen LogP contribution in [0.15, 0.2) is 46.5 Å². The lowest BCUT2D eigenvalue weighted by molar-refractivity contribution is 0.0946. The summed E-state index contributed by atoms with van der Waals surface area (Å²) < 4.78 is 25.0. The fourth-order valence-electron chi connectivity index (χ4n) is 2.13. The number of hydrogen-bond acceptors (Lipinski definition) is 6. The van der Waals surface area contributed by atoms with Crippen molar-refractivity contribution in [3.8, 4) is 10.6 Å². The van der Waals surface area contributed by atoms with Gasteiger partial charge in [0, 0.05) is 28.6 Å². The highest BCUT2D eigenvalue weighted by Crippen LogP contribution is 2.25. The lowest BCUT2D eigenvalue weighted by atomic mass is 10.2. The van der Waals surface area contributed by atoms with Crippen molar-refractivity contribution in [2.75, 3.05) is 11.0 Å². The van der Waals surface area contributed by atoms with E-state index in [1.54, 1.807) is 34.9 Å². The molecule has 2 aromatic heterocycles. The Morgan fingerprint density at radius 2 is 2.08 bits per heavy atom. The molecule has 2 heterocycles. The number of amides is 1. The maximum atomic E-state index is 12.2. The van der Waals surface area contributed by atoms with Crippen molar-refractivity contribution >= 4 is 44.3 Å². The molecular weight excluding hydrogens is 378 g/mol. The third-order valence-corrected chi connectivity index (χ3v) is 5.37. The minimum Gasteiger partial charge on any atom is -0.347 e. The molecule has 1 amide bonds. The summed E-state index contributed by atoms with van der Waals surface area (Å²) in [5, 5.41) is 9.28. The number of rotatable bonds is 6. The van der Waals surface area contributed by atoms with Crippen LogP contribution in [0.5, 0.6) is 0 Å². The van der Waals surface area contributed by atoms with E-state index in [2.05, 4.69) is 15.0 Å². The normalized spacial score (nSPS) is 11.2. The van der Waals surface area contributed by atoms with E-state index in [9.17, 15) is 13.2 Å². The molecule has 0 fully saturated rings. The monoisotopic (exact) mass is 393 g/mol. The minimum absolute atomic E-state index is 0.265. The first-order valence-electron chi connectivity index (χ1n) is 7.24. The zero-order valence-corrected chi connectivity index (χ0v) is 15.7. The first-order chi connectivity index (χ1) is 11.9. The minimum atomic E-state index is -3.33. The summed E-state index contributed by atoms with van der Waals surface area (Å²) in [4.78, 5) is 16.6. The second kappa shape index (κ2) is 7.34. The van der Waals surface area contributed by atoms with E-state index in [-0.39, 0.29) is 12.5 Å². The topological polar surface area (TPSA) is 88.2 Å². The predicted octanol–water partition coefficient (Wildman–Crippen LogP) is 3.17. The molecule has 3 rings (SSSR count). The molecule has 0 bridgehead atoms. The third-order valence-electron chi connectivity index (χ3n) is 3.19. The molecule has 3 aromatic rings. The molecule has 2 N–H and O–H groups in total. The van der Waals surface area contributed by atoms with Gasteiger partial charge in [0.15, 0.2) is 0 Å². The average Bonchev–Trinajstić information content (AvgIpc) is 3.22. The second-order valence-electron chi connectivity index (χ2n) is 5.31. The third kappa shape index (κ3) is 4.88. The first-order valence-corrected chi connectivity index (χ1v) is 10.9. The fraction of sp³-hybridized carbons (Fsp3) is 0.125. The fourth-order valence-corrected chi connectivity index (χ4v) is 4.20. The number of sulfonamides is 1. The number of carbonyl (C=O) groups excluding carboxylic acids is 1. The van der Waals surface area contributed by atoms with Gasteiger partial charge in [-0.05, 0) is 29.1 Å². The van der Waals surface area contributed by atoms with Gasteiger partial charge in [-0.25, -0.2) is 13.4 Å². The van der Waals surface area contributed by atoms with Crippen LogP contribution in [-0.4, -0.2) is 25.6 Å². The molecule has 9 heteroatoms. The van der Waals surface area contributed by atoms with Crippen LogP contribution in [0.25, 0.3) is 10.6 Å². The number of anilines is 1. The highest BCUT2D eigenvalue weighted by atomic mass is 32.2. The summed E-state index contributed by atoms with van der Waals surface area (Å²) in [7, 11) is -3.33. The van der Waals surface area contributed by atoms with Crippen molar-refractivity contribution in [2.45, 2.75) is 6.54 Å². The van der Waals surface area contributed by atoms with Crippen LogP contribution in [-0.2, 0) is 16.6 Å². The molecule has 0 spiro atoms. The van der Waals surface area contributed by atoms with Gasteiger partial charge in [-0.1, -0.05) is 12.1 Å². The maximum absolute atomic E-state index is 12.2.